The molecular formula is C23H19ClN2O2. The Morgan fingerprint density at radius 3 is 2.64 bits per heavy atom. The van der Waals surface area contributed by atoms with Crippen molar-refractivity contribution in [2.24, 2.45) is 0 Å². The quantitative estimate of drug-likeness (QED) is 0.451. The topological polar surface area (TPSA) is 54.1 Å². The Morgan fingerprint density at radius 1 is 0.964 bits per heavy atom. The molecule has 4 rings (SSSR count). The van der Waals surface area contributed by atoms with Crippen LogP contribution < -0.4 is 10.1 Å². The predicted octanol–water partition coefficient (Wildman–Crippen LogP) is 5.59. The first-order valence-corrected chi connectivity index (χ1v) is 9.43. The summed E-state index contributed by atoms with van der Waals surface area (Å²) in [5, 5.41) is 4.75. The van der Waals surface area contributed by atoms with E-state index in [4.69, 9.17) is 16.3 Å². The largest absolute Gasteiger partial charge is 0.457 e. The lowest BCUT2D eigenvalue weighted by molar-refractivity contribution is 0.0954. The number of carbonyl (C=O) groups is 1. The molecule has 140 valence electrons. The van der Waals surface area contributed by atoms with Crippen molar-refractivity contribution in [1.29, 1.82) is 0 Å². The second-order valence-corrected chi connectivity index (χ2v) is 6.89. The molecule has 5 heteroatoms. The lowest BCUT2D eigenvalue weighted by atomic mass is 10.1. The molecule has 0 aliphatic carbocycles. The van der Waals surface area contributed by atoms with Crippen molar-refractivity contribution < 1.29 is 9.53 Å². The van der Waals surface area contributed by atoms with Crippen LogP contribution in [-0.2, 0) is 6.42 Å². The summed E-state index contributed by atoms with van der Waals surface area (Å²) >= 11 is 6.09. The van der Waals surface area contributed by atoms with Gasteiger partial charge in [0.2, 0.25) is 0 Å². The zero-order chi connectivity index (χ0) is 19.3. The van der Waals surface area contributed by atoms with Crippen molar-refractivity contribution in [2.45, 2.75) is 6.42 Å². The molecule has 0 spiro atoms. The Bertz CT molecular complexity index is 1110. The molecule has 0 bridgehead atoms. The summed E-state index contributed by atoms with van der Waals surface area (Å²) in [6.45, 7) is 0.530. The monoisotopic (exact) mass is 390 g/mol. The highest BCUT2D eigenvalue weighted by Crippen LogP contribution is 2.23. The fourth-order valence-electron chi connectivity index (χ4n) is 3.10. The number of aromatic amines is 1. The number of nitrogens with one attached hydrogen (secondary N) is 2. The first kappa shape index (κ1) is 18.1. The zero-order valence-corrected chi connectivity index (χ0v) is 15.9. The number of ether oxygens (including phenoxy) is 1. The zero-order valence-electron chi connectivity index (χ0n) is 15.1. The number of amides is 1. The average molecular weight is 391 g/mol. The van der Waals surface area contributed by atoms with E-state index in [2.05, 4.69) is 10.3 Å². The molecule has 0 atom stereocenters. The fraction of sp³-hybridized carbons (Fsp3) is 0.0870. The van der Waals surface area contributed by atoms with Gasteiger partial charge in [-0.3, -0.25) is 4.79 Å². The molecule has 28 heavy (non-hydrogen) atoms. The van der Waals surface area contributed by atoms with E-state index in [9.17, 15) is 4.79 Å². The van der Waals surface area contributed by atoms with Crippen molar-refractivity contribution in [1.82, 2.24) is 10.3 Å². The van der Waals surface area contributed by atoms with Gasteiger partial charge < -0.3 is 15.0 Å². The fourth-order valence-corrected chi connectivity index (χ4v) is 3.27. The standard InChI is InChI=1S/C23H19ClN2O2/c24-18-9-10-22-21(14-18)17(15-26-22)11-12-25-23(27)16-5-4-8-20(13-16)28-19-6-2-1-3-7-19/h1-10,13-15,26H,11-12H2,(H,25,27). The second-order valence-electron chi connectivity index (χ2n) is 6.45. The molecule has 2 N–H and O–H groups in total. The van der Waals surface area contributed by atoms with Crippen LogP contribution in [0.15, 0.2) is 79.0 Å². The number of carbonyl (C=O) groups excluding carboxylic acids is 1. The Balaban J connectivity index is 1.38. The summed E-state index contributed by atoms with van der Waals surface area (Å²) in [7, 11) is 0. The van der Waals surface area contributed by atoms with Crippen LogP contribution in [0, 0.1) is 0 Å². The summed E-state index contributed by atoms with van der Waals surface area (Å²) in [6.07, 6.45) is 2.67. The number of fused-ring (bicyclic) bond motifs is 1. The number of halogens is 1. The smallest absolute Gasteiger partial charge is 0.251 e. The molecule has 0 unspecified atom stereocenters. The Morgan fingerprint density at radius 2 is 1.79 bits per heavy atom. The van der Waals surface area contributed by atoms with Crippen LogP contribution in [0.1, 0.15) is 15.9 Å². The van der Waals surface area contributed by atoms with E-state index < -0.39 is 0 Å². The third kappa shape index (κ3) is 4.18. The van der Waals surface area contributed by atoms with Gasteiger partial charge >= 0.3 is 0 Å². The molecule has 1 amide bonds. The van der Waals surface area contributed by atoms with Crippen LogP contribution in [0.5, 0.6) is 11.5 Å². The number of para-hydroxylation sites is 1. The lowest BCUT2D eigenvalue weighted by Crippen LogP contribution is -2.25. The lowest BCUT2D eigenvalue weighted by Gasteiger charge is -2.08. The summed E-state index contributed by atoms with van der Waals surface area (Å²) in [6, 6.07) is 22.4. The highest BCUT2D eigenvalue weighted by atomic mass is 35.5. The molecule has 4 aromatic rings. The van der Waals surface area contributed by atoms with Gasteiger partial charge in [0.05, 0.1) is 0 Å². The summed E-state index contributed by atoms with van der Waals surface area (Å²) in [4.78, 5) is 15.7. The second kappa shape index (κ2) is 8.19. The Kier molecular flexibility index (Phi) is 5.31. The maximum absolute atomic E-state index is 12.5. The van der Waals surface area contributed by atoms with E-state index >= 15 is 0 Å². The minimum atomic E-state index is -0.128. The molecule has 0 radical (unpaired) electrons. The van der Waals surface area contributed by atoms with Crippen LogP contribution >= 0.6 is 11.6 Å². The molecule has 0 saturated heterocycles. The maximum Gasteiger partial charge on any atom is 0.251 e. The third-order valence-electron chi connectivity index (χ3n) is 4.48. The molecule has 0 saturated carbocycles. The molecule has 1 heterocycles. The van der Waals surface area contributed by atoms with Crippen molar-refractivity contribution >= 4 is 28.4 Å². The molecule has 1 aromatic heterocycles. The summed E-state index contributed by atoms with van der Waals surface area (Å²) in [5.74, 6) is 1.24. The van der Waals surface area contributed by atoms with Gasteiger partial charge in [-0.25, -0.2) is 0 Å². The SMILES string of the molecule is O=C(NCCc1c[nH]c2ccc(Cl)cc12)c1cccc(Oc2ccccc2)c1. The normalized spacial score (nSPS) is 10.8. The number of aromatic nitrogens is 1. The summed E-state index contributed by atoms with van der Waals surface area (Å²) in [5.41, 5.74) is 2.73. The molecule has 4 nitrogen and oxygen atoms in total. The van der Waals surface area contributed by atoms with E-state index in [1.807, 2.05) is 66.9 Å². The molecule has 0 fully saturated rings. The van der Waals surface area contributed by atoms with E-state index in [1.165, 1.54) is 0 Å². The maximum atomic E-state index is 12.5. The first-order valence-electron chi connectivity index (χ1n) is 9.06. The predicted molar refractivity (Wildman–Crippen MR) is 112 cm³/mol. The van der Waals surface area contributed by atoms with Gasteiger partial charge in [-0.05, 0) is 60.5 Å². The molecule has 0 aliphatic rings. The van der Waals surface area contributed by atoms with Gasteiger partial charge in [-0.2, -0.15) is 0 Å². The van der Waals surface area contributed by atoms with Crippen molar-refractivity contribution in [2.75, 3.05) is 6.54 Å². The van der Waals surface area contributed by atoms with Crippen LogP contribution in [0.2, 0.25) is 5.02 Å². The van der Waals surface area contributed by atoms with E-state index in [0.29, 0.717) is 29.3 Å². The van der Waals surface area contributed by atoms with Gasteiger partial charge in [0.25, 0.3) is 5.91 Å². The van der Waals surface area contributed by atoms with Crippen LogP contribution in [0.25, 0.3) is 10.9 Å². The van der Waals surface area contributed by atoms with Crippen molar-refractivity contribution in [3.05, 3.63) is 95.1 Å². The van der Waals surface area contributed by atoms with Crippen LogP contribution in [0.4, 0.5) is 0 Å². The highest BCUT2D eigenvalue weighted by molar-refractivity contribution is 6.31. The third-order valence-corrected chi connectivity index (χ3v) is 4.72. The molecule has 0 aliphatic heterocycles. The number of hydrogen-bond acceptors (Lipinski definition) is 2. The van der Waals surface area contributed by atoms with Gasteiger partial charge in [-0.1, -0.05) is 35.9 Å². The number of benzene rings is 3. The first-order chi connectivity index (χ1) is 13.7. The van der Waals surface area contributed by atoms with E-state index in [-0.39, 0.29) is 5.91 Å². The number of rotatable bonds is 6. The van der Waals surface area contributed by atoms with Gasteiger partial charge in [0.1, 0.15) is 11.5 Å². The van der Waals surface area contributed by atoms with Crippen molar-refractivity contribution in [3.8, 4) is 11.5 Å². The summed E-state index contributed by atoms with van der Waals surface area (Å²) < 4.78 is 5.80. The van der Waals surface area contributed by atoms with E-state index in [1.54, 1.807) is 12.1 Å². The number of H-pyrrole nitrogens is 1. The minimum Gasteiger partial charge on any atom is -0.457 e. The van der Waals surface area contributed by atoms with Gasteiger partial charge in [0.15, 0.2) is 0 Å². The van der Waals surface area contributed by atoms with Crippen LogP contribution in [-0.4, -0.2) is 17.4 Å². The Hall–Kier alpha value is -3.24. The number of hydrogen-bond donors (Lipinski definition) is 2. The molecule has 3 aromatic carbocycles. The average Bonchev–Trinajstić information content (AvgIpc) is 3.11. The minimum absolute atomic E-state index is 0.128. The van der Waals surface area contributed by atoms with Crippen LogP contribution in [0.3, 0.4) is 0 Å². The van der Waals surface area contributed by atoms with Gasteiger partial charge in [0, 0.05) is 34.2 Å². The van der Waals surface area contributed by atoms with Crippen molar-refractivity contribution in [3.63, 3.8) is 0 Å². The molecular weight excluding hydrogens is 372 g/mol. The Labute approximate surface area is 168 Å². The van der Waals surface area contributed by atoms with Gasteiger partial charge in [-0.15, -0.1) is 0 Å². The van der Waals surface area contributed by atoms with E-state index in [0.717, 1.165) is 22.2 Å². The highest BCUT2D eigenvalue weighted by Gasteiger charge is 2.09.